The summed E-state index contributed by atoms with van der Waals surface area (Å²) in [5.41, 5.74) is 3.01. The summed E-state index contributed by atoms with van der Waals surface area (Å²) in [6.45, 7) is 9.89. The van der Waals surface area contributed by atoms with Gasteiger partial charge in [-0.1, -0.05) is 17.7 Å². The highest BCUT2D eigenvalue weighted by Gasteiger charge is 2.18. The second kappa shape index (κ2) is 9.69. The van der Waals surface area contributed by atoms with E-state index in [2.05, 4.69) is 15.6 Å². The molecule has 0 saturated carbocycles. The number of carbonyl (C=O) groups is 2. The van der Waals surface area contributed by atoms with Crippen LogP contribution < -0.4 is 10.6 Å². The average molecular weight is 422 g/mol. The highest BCUT2D eigenvalue weighted by Crippen LogP contribution is 2.25. The fraction of sp³-hybridized carbons (Fsp3) is 0.429. The molecule has 2 aromatic rings. The van der Waals surface area contributed by atoms with Gasteiger partial charge in [-0.15, -0.1) is 0 Å². The summed E-state index contributed by atoms with van der Waals surface area (Å²) < 4.78 is 10.4. The van der Waals surface area contributed by atoms with Crippen molar-refractivity contribution in [2.75, 3.05) is 23.8 Å². The van der Waals surface area contributed by atoms with Gasteiger partial charge in [0.1, 0.15) is 17.8 Å². The minimum atomic E-state index is -0.542. The SMILES string of the molecule is CCOC(=O)c1[nH]cc(C)c1NCc1ccc(Cl)c(NCC(=O)OC(C)(C)C)c1. The summed E-state index contributed by atoms with van der Waals surface area (Å²) in [4.78, 5) is 26.9. The first-order chi connectivity index (χ1) is 13.6. The van der Waals surface area contributed by atoms with Crippen LogP contribution in [0.4, 0.5) is 11.4 Å². The van der Waals surface area contributed by atoms with Gasteiger partial charge in [0.25, 0.3) is 0 Å². The van der Waals surface area contributed by atoms with E-state index in [1.165, 1.54) is 0 Å². The number of hydrogen-bond acceptors (Lipinski definition) is 6. The summed E-state index contributed by atoms with van der Waals surface area (Å²) in [6, 6.07) is 5.48. The zero-order chi connectivity index (χ0) is 21.6. The molecule has 1 aromatic carbocycles. The molecule has 1 aromatic heterocycles. The fourth-order valence-electron chi connectivity index (χ4n) is 2.67. The van der Waals surface area contributed by atoms with Crippen LogP contribution in [0, 0.1) is 6.92 Å². The van der Waals surface area contributed by atoms with Gasteiger partial charge in [0.05, 0.1) is 23.0 Å². The summed E-state index contributed by atoms with van der Waals surface area (Å²) in [5.74, 6) is -0.766. The van der Waals surface area contributed by atoms with Crippen LogP contribution in [0.3, 0.4) is 0 Å². The Bertz CT molecular complexity index is 871. The summed E-state index contributed by atoms with van der Waals surface area (Å²) in [6.07, 6.45) is 1.75. The molecule has 0 saturated heterocycles. The molecular formula is C21H28ClN3O4. The molecule has 0 atom stereocenters. The Hall–Kier alpha value is -2.67. The number of H-pyrrole nitrogens is 1. The molecule has 0 aliphatic heterocycles. The first kappa shape index (κ1) is 22.6. The maximum Gasteiger partial charge on any atom is 0.356 e. The normalized spacial score (nSPS) is 11.1. The lowest BCUT2D eigenvalue weighted by Crippen LogP contribution is -2.28. The highest BCUT2D eigenvalue weighted by atomic mass is 35.5. The maximum atomic E-state index is 12.1. The Balaban J connectivity index is 2.05. The number of rotatable bonds is 8. The number of ether oxygens (including phenoxy) is 2. The van der Waals surface area contributed by atoms with Crippen molar-refractivity contribution in [1.82, 2.24) is 4.98 Å². The molecule has 0 aliphatic carbocycles. The Labute approximate surface area is 176 Å². The van der Waals surface area contributed by atoms with Crippen LogP contribution in [0.5, 0.6) is 0 Å². The van der Waals surface area contributed by atoms with Crippen LogP contribution >= 0.6 is 11.6 Å². The minimum absolute atomic E-state index is 0.0117. The molecule has 2 rings (SSSR count). The van der Waals surface area contributed by atoms with E-state index in [0.29, 0.717) is 35.2 Å². The molecule has 0 radical (unpaired) electrons. The van der Waals surface area contributed by atoms with Crippen molar-refractivity contribution in [3.63, 3.8) is 0 Å². The van der Waals surface area contributed by atoms with E-state index < -0.39 is 11.6 Å². The van der Waals surface area contributed by atoms with Crippen LogP contribution in [0.2, 0.25) is 5.02 Å². The quantitative estimate of drug-likeness (QED) is 0.543. The highest BCUT2D eigenvalue weighted by molar-refractivity contribution is 6.33. The number of carbonyl (C=O) groups excluding carboxylic acids is 2. The zero-order valence-electron chi connectivity index (χ0n) is 17.4. The maximum absolute atomic E-state index is 12.1. The predicted octanol–water partition coefficient (Wildman–Crippen LogP) is 4.52. The third kappa shape index (κ3) is 6.71. The lowest BCUT2D eigenvalue weighted by atomic mass is 10.1. The molecule has 0 aliphatic rings. The van der Waals surface area contributed by atoms with Crippen molar-refractivity contribution < 1.29 is 19.1 Å². The van der Waals surface area contributed by atoms with Crippen molar-refractivity contribution in [3.05, 3.63) is 46.2 Å². The molecule has 0 amide bonds. The van der Waals surface area contributed by atoms with Crippen molar-refractivity contribution in [3.8, 4) is 0 Å². The minimum Gasteiger partial charge on any atom is -0.461 e. The van der Waals surface area contributed by atoms with E-state index >= 15 is 0 Å². The Morgan fingerprint density at radius 3 is 2.59 bits per heavy atom. The van der Waals surface area contributed by atoms with Gasteiger partial charge in [0.2, 0.25) is 0 Å². The van der Waals surface area contributed by atoms with Crippen LogP contribution in [0.25, 0.3) is 0 Å². The van der Waals surface area contributed by atoms with E-state index in [-0.39, 0.29) is 12.5 Å². The number of aromatic amines is 1. The lowest BCUT2D eigenvalue weighted by molar-refractivity contribution is -0.152. The van der Waals surface area contributed by atoms with Crippen LogP contribution in [-0.2, 0) is 20.8 Å². The second-order valence-electron chi connectivity index (χ2n) is 7.55. The second-order valence-corrected chi connectivity index (χ2v) is 7.96. The number of hydrogen-bond donors (Lipinski definition) is 3. The predicted molar refractivity (Wildman–Crippen MR) is 115 cm³/mol. The Morgan fingerprint density at radius 2 is 1.93 bits per heavy atom. The average Bonchev–Trinajstić information content (AvgIpc) is 2.99. The smallest absolute Gasteiger partial charge is 0.356 e. The van der Waals surface area contributed by atoms with Crippen molar-refractivity contribution in [2.24, 2.45) is 0 Å². The van der Waals surface area contributed by atoms with E-state index in [0.717, 1.165) is 11.1 Å². The van der Waals surface area contributed by atoms with E-state index in [1.807, 2.05) is 39.8 Å². The van der Waals surface area contributed by atoms with Crippen LogP contribution in [-0.4, -0.2) is 35.7 Å². The van der Waals surface area contributed by atoms with Gasteiger partial charge in [-0.25, -0.2) is 4.79 Å². The van der Waals surface area contributed by atoms with Gasteiger partial charge in [-0.2, -0.15) is 0 Å². The van der Waals surface area contributed by atoms with Crippen LogP contribution in [0.15, 0.2) is 24.4 Å². The fourth-order valence-corrected chi connectivity index (χ4v) is 2.85. The van der Waals surface area contributed by atoms with E-state index in [1.54, 1.807) is 19.2 Å². The molecular weight excluding hydrogens is 394 g/mol. The largest absolute Gasteiger partial charge is 0.461 e. The van der Waals surface area contributed by atoms with E-state index in [9.17, 15) is 9.59 Å². The molecule has 29 heavy (non-hydrogen) atoms. The van der Waals surface area contributed by atoms with E-state index in [4.69, 9.17) is 21.1 Å². The van der Waals surface area contributed by atoms with Crippen molar-refractivity contribution >= 4 is 34.9 Å². The zero-order valence-corrected chi connectivity index (χ0v) is 18.2. The van der Waals surface area contributed by atoms with Gasteiger partial charge in [0, 0.05) is 12.7 Å². The molecule has 0 fully saturated rings. The molecule has 3 N–H and O–H groups in total. The van der Waals surface area contributed by atoms with Gasteiger partial charge < -0.3 is 25.1 Å². The monoisotopic (exact) mass is 421 g/mol. The molecule has 8 heteroatoms. The number of aromatic nitrogens is 1. The number of halogens is 1. The van der Waals surface area contributed by atoms with Gasteiger partial charge in [-0.05, 0) is 57.9 Å². The number of benzene rings is 1. The number of aryl methyl sites for hydroxylation is 1. The first-order valence-electron chi connectivity index (χ1n) is 9.43. The summed E-state index contributed by atoms with van der Waals surface area (Å²) in [5, 5.41) is 6.78. The van der Waals surface area contributed by atoms with Gasteiger partial charge >= 0.3 is 11.9 Å². The number of nitrogens with one attached hydrogen (secondary N) is 3. The van der Waals surface area contributed by atoms with Crippen molar-refractivity contribution in [1.29, 1.82) is 0 Å². The Kier molecular flexibility index (Phi) is 7.56. The standard InChI is InChI=1S/C21H28ClN3O4/c1-6-28-20(27)19-18(13(2)10-24-19)25-11-14-7-8-15(22)16(9-14)23-12-17(26)29-21(3,4)5/h7-10,23-25H,6,11-12H2,1-5H3. The third-order valence-corrected chi connectivity index (χ3v) is 4.23. The topological polar surface area (TPSA) is 92.5 Å². The molecule has 7 nitrogen and oxygen atoms in total. The van der Waals surface area contributed by atoms with Gasteiger partial charge in [0.15, 0.2) is 0 Å². The molecule has 1 heterocycles. The molecule has 0 bridgehead atoms. The summed E-state index contributed by atoms with van der Waals surface area (Å²) in [7, 11) is 0. The first-order valence-corrected chi connectivity index (χ1v) is 9.81. The number of esters is 2. The van der Waals surface area contributed by atoms with Gasteiger partial charge in [-0.3, -0.25) is 4.79 Å². The molecule has 0 unspecified atom stereocenters. The lowest BCUT2D eigenvalue weighted by Gasteiger charge is -2.20. The van der Waals surface area contributed by atoms with Crippen molar-refractivity contribution in [2.45, 2.75) is 46.8 Å². The van der Waals surface area contributed by atoms with Crippen LogP contribution in [0.1, 0.15) is 49.3 Å². The number of anilines is 2. The third-order valence-electron chi connectivity index (χ3n) is 3.90. The molecule has 0 spiro atoms. The molecule has 158 valence electrons. The Morgan fingerprint density at radius 1 is 1.21 bits per heavy atom. The summed E-state index contributed by atoms with van der Waals surface area (Å²) >= 11 is 6.24.